The fourth-order valence-electron chi connectivity index (χ4n) is 2.44. The topological polar surface area (TPSA) is 82.8 Å². The van der Waals surface area contributed by atoms with Gasteiger partial charge in [-0.2, -0.15) is 5.10 Å². The van der Waals surface area contributed by atoms with Crippen LogP contribution in [0.2, 0.25) is 0 Å². The zero-order valence-electron chi connectivity index (χ0n) is 11.4. The van der Waals surface area contributed by atoms with Crippen molar-refractivity contribution in [2.45, 2.75) is 11.3 Å². The van der Waals surface area contributed by atoms with Crippen molar-refractivity contribution in [1.82, 2.24) is 5.01 Å². The maximum atomic E-state index is 11.7. The van der Waals surface area contributed by atoms with Crippen molar-refractivity contribution in [3.05, 3.63) is 29.8 Å². The van der Waals surface area contributed by atoms with Crippen LogP contribution in [-0.2, 0) is 9.84 Å². The predicted octanol–water partition coefficient (Wildman–Crippen LogP) is 1.18. The van der Waals surface area contributed by atoms with Crippen molar-refractivity contribution >= 4 is 33.0 Å². The van der Waals surface area contributed by atoms with Crippen molar-refractivity contribution in [3.8, 4) is 5.75 Å². The molecule has 1 aromatic carbocycles. The van der Waals surface area contributed by atoms with Gasteiger partial charge in [0.2, 0.25) is 0 Å². The Morgan fingerprint density at radius 3 is 2.76 bits per heavy atom. The third-order valence-corrected chi connectivity index (χ3v) is 6.63. The maximum Gasteiger partial charge on any atom is 0.177 e. The number of ether oxygens (including phenoxy) is 1. The summed E-state index contributed by atoms with van der Waals surface area (Å²) in [5.74, 6) is 0.977. The van der Waals surface area contributed by atoms with Crippen LogP contribution < -0.4 is 4.74 Å². The number of hydrazone groups is 1. The van der Waals surface area contributed by atoms with Gasteiger partial charge < -0.3 is 4.74 Å². The molecule has 0 bridgehead atoms. The van der Waals surface area contributed by atoms with Gasteiger partial charge in [0, 0.05) is 5.25 Å². The maximum absolute atomic E-state index is 11.7. The zero-order chi connectivity index (χ0) is 15.0. The van der Waals surface area contributed by atoms with E-state index < -0.39 is 9.84 Å². The van der Waals surface area contributed by atoms with Gasteiger partial charge in [-0.05, 0) is 29.8 Å². The molecule has 1 N–H and O–H groups in total. The first-order chi connectivity index (χ1) is 9.98. The standard InChI is InChI=1S/C13H15N3O3S2/c1-19-10-4-2-9(3-5-10)6-15-16-11-7-21(17,18)8-12(11)20-13(16)14/h2-6,11-12,14H,7-8H2,1H3/b14-13?,15-6-/t11-,12+/m0/s1. The minimum atomic E-state index is -3.00. The van der Waals surface area contributed by atoms with E-state index in [9.17, 15) is 8.42 Å². The average Bonchev–Trinajstić information content (AvgIpc) is 2.88. The van der Waals surface area contributed by atoms with Crippen molar-refractivity contribution in [2.24, 2.45) is 5.10 Å². The van der Waals surface area contributed by atoms with E-state index in [1.165, 1.54) is 16.8 Å². The fraction of sp³-hybridized carbons (Fsp3) is 0.385. The Labute approximate surface area is 127 Å². The molecule has 0 aromatic heterocycles. The molecule has 6 nitrogen and oxygen atoms in total. The molecule has 2 atom stereocenters. The summed E-state index contributed by atoms with van der Waals surface area (Å²) in [7, 11) is -1.40. The second kappa shape index (κ2) is 5.34. The molecule has 112 valence electrons. The number of methoxy groups -OCH3 is 1. The molecule has 0 amide bonds. The lowest BCUT2D eigenvalue weighted by Crippen LogP contribution is -2.32. The van der Waals surface area contributed by atoms with E-state index in [0.717, 1.165) is 11.3 Å². The highest BCUT2D eigenvalue weighted by Gasteiger charge is 2.48. The normalized spacial score (nSPS) is 27.3. The fourth-order valence-corrected chi connectivity index (χ4v) is 6.16. The van der Waals surface area contributed by atoms with Crippen LogP contribution in [0.4, 0.5) is 0 Å². The van der Waals surface area contributed by atoms with E-state index in [2.05, 4.69) is 5.10 Å². The molecule has 1 aromatic rings. The smallest absolute Gasteiger partial charge is 0.177 e. The monoisotopic (exact) mass is 325 g/mol. The quantitative estimate of drug-likeness (QED) is 0.844. The highest BCUT2D eigenvalue weighted by Crippen LogP contribution is 2.37. The number of benzene rings is 1. The highest BCUT2D eigenvalue weighted by atomic mass is 32.2. The first-order valence-corrected chi connectivity index (χ1v) is 9.11. The first kappa shape index (κ1) is 14.4. The van der Waals surface area contributed by atoms with Crippen LogP contribution in [0.25, 0.3) is 0 Å². The van der Waals surface area contributed by atoms with Crippen LogP contribution in [-0.4, -0.2) is 54.7 Å². The molecule has 2 aliphatic heterocycles. The summed E-state index contributed by atoms with van der Waals surface area (Å²) < 4.78 is 28.4. The Bertz CT molecular complexity index is 685. The van der Waals surface area contributed by atoms with E-state index in [1.807, 2.05) is 24.3 Å². The minimum Gasteiger partial charge on any atom is -0.497 e. The van der Waals surface area contributed by atoms with E-state index in [-0.39, 0.29) is 22.8 Å². The molecule has 2 aliphatic rings. The molecule has 2 fully saturated rings. The molecule has 0 spiro atoms. The van der Waals surface area contributed by atoms with Gasteiger partial charge in [0.1, 0.15) is 5.75 Å². The highest BCUT2D eigenvalue weighted by molar-refractivity contribution is 8.15. The summed E-state index contributed by atoms with van der Waals surface area (Å²) in [6.07, 6.45) is 1.64. The van der Waals surface area contributed by atoms with Crippen LogP contribution in [0.15, 0.2) is 29.4 Å². The first-order valence-electron chi connectivity index (χ1n) is 6.41. The Balaban J connectivity index is 1.76. The zero-order valence-corrected chi connectivity index (χ0v) is 13.0. The lowest BCUT2D eigenvalue weighted by molar-refractivity contribution is 0.376. The SMILES string of the molecule is COc1ccc(/C=N\N2C(=N)S[C@@H]3CS(=O)(=O)C[C@@H]32)cc1. The van der Waals surface area contributed by atoms with Crippen LogP contribution in [0.5, 0.6) is 5.75 Å². The molecule has 2 saturated heterocycles. The lowest BCUT2D eigenvalue weighted by Gasteiger charge is -2.17. The summed E-state index contributed by atoms with van der Waals surface area (Å²) in [5.41, 5.74) is 0.873. The van der Waals surface area contributed by atoms with Gasteiger partial charge in [-0.25, -0.2) is 13.4 Å². The predicted molar refractivity (Wildman–Crippen MR) is 84.0 cm³/mol. The van der Waals surface area contributed by atoms with Crippen LogP contribution in [0.1, 0.15) is 5.56 Å². The summed E-state index contributed by atoms with van der Waals surface area (Å²) in [6, 6.07) is 7.15. The third-order valence-electron chi connectivity index (χ3n) is 3.50. The van der Waals surface area contributed by atoms with E-state index in [1.54, 1.807) is 13.3 Å². The van der Waals surface area contributed by atoms with Crippen molar-refractivity contribution in [1.29, 1.82) is 5.41 Å². The summed E-state index contributed by atoms with van der Waals surface area (Å²) in [6.45, 7) is 0. The lowest BCUT2D eigenvalue weighted by atomic mass is 10.2. The number of sulfone groups is 1. The van der Waals surface area contributed by atoms with Gasteiger partial charge in [-0.1, -0.05) is 11.8 Å². The molecule has 21 heavy (non-hydrogen) atoms. The Hall–Kier alpha value is -1.54. The summed E-state index contributed by atoms with van der Waals surface area (Å²) in [5, 5.41) is 14.0. The molecule has 8 heteroatoms. The number of hydrogen-bond acceptors (Lipinski definition) is 6. The number of amidine groups is 1. The number of nitrogens with one attached hydrogen (secondary N) is 1. The van der Waals surface area contributed by atoms with Crippen molar-refractivity contribution in [2.75, 3.05) is 18.6 Å². The molecule has 0 unspecified atom stereocenters. The van der Waals surface area contributed by atoms with Gasteiger partial charge in [0.05, 0.1) is 30.9 Å². The molecule has 0 radical (unpaired) electrons. The van der Waals surface area contributed by atoms with E-state index >= 15 is 0 Å². The second-order valence-electron chi connectivity index (χ2n) is 4.97. The number of rotatable bonds is 3. The number of nitrogens with zero attached hydrogens (tertiary/aromatic N) is 2. The molecule has 2 heterocycles. The van der Waals surface area contributed by atoms with Crippen LogP contribution >= 0.6 is 11.8 Å². The van der Waals surface area contributed by atoms with Crippen molar-refractivity contribution in [3.63, 3.8) is 0 Å². The molecular formula is C13H15N3O3S2. The Kier molecular flexibility index (Phi) is 3.66. The van der Waals surface area contributed by atoms with Crippen LogP contribution in [0, 0.1) is 5.41 Å². The second-order valence-corrected chi connectivity index (χ2v) is 8.35. The van der Waals surface area contributed by atoms with Gasteiger partial charge in [-0.15, -0.1) is 0 Å². The van der Waals surface area contributed by atoms with E-state index in [4.69, 9.17) is 10.1 Å². The summed E-state index contributed by atoms with van der Waals surface area (Å²) >= 11 is 1.28. The van der Waals surface area contributed by atoms with E-state index in [0.29, 0.717) is 5.17 Å². The van der Waals surface area contributed by atoms with Gasteiger partial charge in [0.25, 0.3) is 0 Å². The van der Waals surface area contributed by atoms with Gasteiger partial charge in [-0.3, -0.25) is 5.41 Å². The Morgan fingerprint density at radius 2 is 2.10 bits per heavy atom. The van der Waals surface area contributed by atoms with Gasteiger partial charge in [0.15, 0.2) is 15.0 Å². The molecule has 0 aliphatic carbocycles. The number of fused-ring (bicyclic) bond motifs is 1. The minimum absolute atomic E-state index is 0.0736. The molecule has 3 rings (SSSR count). The number of hydrogen-bond donors (Lipinski definition) is 1. The largest absolute Gasteiger partial charge is 0.497 e. The molecular weight excluding hydrogens is 310 g/mol. The molecule has 0 saturated carbocycles. The average molecular weight is 325 g/mol. The number of thioether (sulfide) groups is 1. The van der Waals surface area contributed by atoms with Crippen molar-refractivity contribution < 1.29 is 13.2 Å². The van der Waals surface area contributed by atoms with Crippen LogP contribution in [0.3, 0.4) is 0 Å². The van der Waals surface area contributed by atoms with Gasteiger partial charge >= 0.3 is 0 Å². The third kappa shape index (κ3) is 2.91. The Morgan fingerprint density at radius 1 is 1.38 bits per heavy atom. The summed E-state index contributed by atoms with van der Waals surface area (Å²) in [4.78, 5) is 0.